The van der Waals surface area contributed by atoms with E-state index in [2.05, 4.69) is 16.7 Å². The van der Waals surface area contributed by atoms with Crippen molar-refractivity contribution in [1.29, 1.82) is 0 Å². The highest BCUT2D eigenvalue weighted by Gasteiger charge is 2.24. The Balaban J connectivity index is 1.42. The molecule has 0 radical (unpaired) electrons. The van der Waals surface area contributed by atoms with E-state index in [1.165, 1.54) is 35.1 Å². The SMILES string of the molecule is O=C(NC1CCCc2ccccc21)c1ccc(C(=O)O)c(NC(=O)c2sc3ccccc3c2Cl)c1. The van der Waals surface area contributed by atoms with Gasteiger partial charge in [-0.05, 0) is 54.7 Å². The number of benzene rings is 3. The maximum atomic E-state index is 13.1. The van der Waals surface area contributed by atoms with E-state index in [4.69, 9.17) is 11.6 Å². The molecule has 0 spiro atoms. The number of carboxylic acids is 1. The van der Waals surface area contributed by atoms with Crippen LogP contribution in [0, 0.1) is 0 Å². The minimum Gasteiger partial charge on any atom is -0.478 e. The molecule has 1 aliphatic carbocycles. The molecule has 0 bridgehead atoms. The van der Waals surface area contributed by atoms with E-state index in [1.807, 2.05) is 42.5 Å². The van der Waals surface area contributed by atoms with Gasteiger partial charge in [0.25, 0.3) is 11.8 Å². The van der Waals surface area contributed by atoms with Crippen LogP contribution in [0.15, 0.2) is 66.7 Å². The molecule has 0 aliphatic heterocycles. The molecule has 3 aromatic carbocycles. The van der Waals surface area contributed by atoms with Crippen LogP contribution in [0.3, 0.4) is 0 Å². The minimum atomic E-state index is -1.21. The average molecular weight is 505 g/mol. The number of fused-ring (bicyclic) bond motifs is 2. The number of carboxylic acid groups (broad SMARTS) is 1. The summed E-state index contributed by atoms with van der Waals surface area (Å²) in [4.78, 5) is 38.2. The molecule has 2 amide bonds. The van der Waals surface area contributed by atoms with Crippen LogP contribution < -0.4 is 10.6 Å². The Hall–Kier alpha value is -3.68. The standard InChI is InChI=1S/C27H21ClN2O4S/c28-23-19-9-3-4-11-22(19)35-24(23)26(32)30-21-14-16(12-13-18(21)27(33)34)25(31)29-20-10-5-7-15-6-1-2-8-17(15)20/h1-4,6,8-9,11-14,20H,5,7,10H2,(H,29,31)(H,30,32)(H,33,34). The molecule has 176 valence electrons. The molecule has 0 saturated carbocycles. The molecule has 1 heterocycles. The van der Waals surface area contributed by atoms with Crippen LogP contribution in [0.2, 0.25) is 5.02 Å². The Bertz CT molecular complexity index is 1480. The number of carbonyl (C=O) groups excluding carboxylic acids is 2. The van der Waals surface area contributed by atoms with Crippen LogP contribution in [-0.2, 0) is 6.42 Å². The van der Waals surface area contributed by atoms with Crippen LogP contribution in [0.25, 0.3) is 10.1 Å². The molecule has 0 saturated heterocycles. The van der Waals surface area contributed by atoms with Gasteiger partial charge in [-0.3, -0.25) is 9.59 Å². The first-order valence-electron chi connectivity index (χ1n) is 11.2. The van der Waals surface area contributed by atoms with Gasteiger partial charge in [0, 0.05) is 15.6 Å². The van der Waals surface area contributed by atoms with Gasteiger partial charge in [0.1, 0.15) is 4.88 Å². The van der Waals surface area contributed by atoms with Crippen LogP contribution in [0.1, 0.15) is 60.4 Å². The Morgan fingerprint density at radius 3 is 2.54 bits per heavy atom. The van der Waals surface area contributed by atoms with Gasteiger partial charge in [-0.1, -0.05) is 54.1 Å². The number of amides is 2. The summed E-state index contributed by atoms with van der Waals surface area (Å²) in [7, 11) is 0. The van der Waals surface area contributed by atoms with E-state index in [-0.39, 0.29) is 33.6 Å². The lowest BCUT2D eigenvalue weighted by Crippen LogP contribution is -2.31. The van der Waals surface area contributed by atoms with Crippen molar-refractivity contribution in [3.63, 3.8) is 0 Å². The maximum Gasteiger partial charge on any atom is 0.337 e. The smallest absolute Gasteiger partial charge is 0.337 e. The zero-order valence-electron chi connectivity index (χ0n) is 18.5. The number of hydrogen-bond donors (Lipinski definition) is 3. The van der Waals surface area contributed by atoms with Crippen molar-refractivity contribution in [2.45, 2.75) is 25.3 Å². The van der Waals surface area contributed by atoms with Crippen molar-refractivity contribution in [1.82, 2.24) is 5.32 Å². The molecule has 4 aromatic rings. The largest absolute Gasteiger partial charge is 0.478 e. The molecular formula is C27H21ClN2O4S. The summed E-state index contributed by atoms with van der Waals surface area (Å²) in [5.41, 5.74) is 2.50. The van der Waals surface area contributed by atoms with Crippen molar-refractivity contribution >= 4 is 56.5 Å². The molecule has 1 unspecified atom stereocenters. The number of carbonyl (C=O) groups is 3. The van der Waals surface area contributed by atoms with Gasteiger partial charge >= 0.3 is 5.97 Å². The van der Waals surface area contributed by atoms with Gasteiger partial charge in [-0.25, -0.2) is 4.79 Å². The Labute approximate surface area is 210 Å². The molecule has 5 rings (SSSR count). The van der Waals surface area contributed by atoms with Crippen LogP contribution in [0.4, 0.5) is 5.69 Å². The van der Waals surface area contributed by atoms with Crippen molar-refractivity contribution in [2.24, 2.45) is 0 Å². The molecule has 1 aromatic heterocycles. The summed E-state index contributed by atoms with van der Waals surface area (Å²) in [5, 5.41) is 16.4. The number of halogens is 1. The lowest BCUT2D eigenvalue weighted by molar-refractivity contribution is 0.0697. The third-order valence-corrected chi connectivity index (χ3v) is 7.85. The van der Waals surface area contributed by atoms with Gasteiger partial charge in [-0.2, -0.15) is 0 Å². The lowest BCUT2D eigenvalue weighted by Gasteiger charge is -2.26. The van der Waals surface area contributed by atoms with Gasteiger partial charge in [-0.15, -0.1) is 11.3 Å². The second-order valence-corrected chi connectivity index (χ2v) is 9.81. The number of thiophene rings is 1. The molecule has 3 N–H and O–H groups in total. The zero-order chi connectivity index (χ0) is 24.5. The first kappa shape index (κ1) is 23.1. The molecular weight excluding hydrogens is 484 g/mol. The number of rotatable bonds is 5. The summed E-state index contributed by atoms with van der Waals surface area (Å²) in [5.74, 6) is -2.08. The van der Waals surface area contributed by atoms with E-state index in [0.29, 0.717) is 5.02 Å². The first-order valence-corrected chi connectivity index (χ1v) is 12.4. The number of hydrogen-bond acceptors (Lipinski definition) is 4. The monoisotopic (exact) mass is 504 g/mol. The Morgan fingerprint density at radius 2 is 1.74 bits per heavy atom. The average Bonchev–Trinajstić information content (AvgIpc) is 3.20. The fraction of sp³-hybridized carbons (Fsp3) is 0.148. The molecule has 6 nitrogen and oxygen atoms in total. The van der Waals surface area contributed by atoms with Gasteiger partial charge in [0.2, 0.25) is 0 Å². The predicted molar refractivity (Wildman–Crippen MR) is 138 cm³/mol. The number of nitrogens with one attached hydrogen (secondary N) is 2. The third kappa shape index (κ3) is 4.52. The van der Waals surface area contributed by atoms with Crippen molar-refractivity contribution < 1.29 is 19.5 Å². The number of anilines is 1. The molecule has 1 aliphatic rings. The van der Waals surface area contributed by atoms with Crippen molar-refractivity contribution in [3.05, 3.63) is 98.9 Å². The Kier molecular flexibility index (Phi) is 6.28. The van der Waals surface area contributed by atoms with Crippen molar-refractivity contribution in [2.75, 3.05) is 5.32 Å². The maximum absolute atomic E-state index is 13.1. The van der Waals surface area contributed by atoms with Crippen LogP contribution >= 0.6 is 22.9 Å². The highest BCUT2D eigenvalue weighted by Crippen LogP contribution is 2.36. The molecule has 8 heteroatoms. The van der Waals surface area contributed by atoms with Gasteiger partial charge in [0.15, 0.2) is 0 Å². The van der Waals surface area contributed by atoms with Crippen LogP contribution in [-0.4, -0.2) is 22.9 Å². The van der Waals surface area contributed by atoms with E-state index in [9.17, 15) is 19.5 Å². The normalized spacial score (nSPS) is 14.8. The molecule has 0 fully saturated rings. The summed E-state index contributed by atoms with van der Waals surface area (Å²) in [6, 6.07) is 19.5. The Morgan fingerprint density at radius 1 is 0.971 bits per heavy atom. The summed E-state index contributed by atoms with van der Waals surface area (Å²) in [6.45, 7) is 0. The molecule has 1 atom stereocenters. The van der Waals surface area contributed by atoms with Gasteiger partial charge < -0.3 is 15.7 Å². The first-order chi connectivity index (χ1) is 16.9. The topological polar surface area (TPSA) is 95.5 Å². The summed E-state index contributed by atoms with van der Waals surface area (Å²) in [6.07, 6.45) is 2.77. The highest BCUT2D eigenvalue weighted by molar-refractivity contribution is 7.21. The second-order valence-electron chi connectivity index (χ2n) is 8.38. The molecule has 35 heavy (non-hydrogen) atoms. The lowest BCUT2D eigenvalue weighted by atomic mass is 9.87. The fourth-order valence-electron chi connectivity index (χ4n) is 4.46. The minimum absolute atomic E-state index is 0.0349. The van der Waals surface area contributed by atoms with E-state index in [1.54, 1.807) is 0 Å². The number of aryl methyl sites for hydroxylation is 1. The van der Waals surface area contributed by atoms with E-state index < -0.39 is 11.9 Å². The quantitative estimate of drug-likeness (QED) is 0.296. The highest BCUT2D eigenvalue weighted by atomic mass is 35.5. The summed E-state index contributed by atoms with van der Waals surface area (Å²) >= 11 is 7.64. The van der Waals surface area contributed by atoms with E-state index >= 15 is 0 Å². The van der Waals surface area contributed by atoms with E-state index in [0.717, 1.165) is 34.9 Å². The fourth-order valence-corrected chi connectivity index (χ4v) is 5.87. The van der Waals surface area contributed by atoms with Crippen LogP contribution in [0.5, 0.6) is 0 Å². The predicted octanol–water partition coefficient (Wildman–Crippen LogP) is 6.31. The van der Waals surface area contributed by atoms with Crippen molar-refractivity contribution in [3.8, 4) is 0 Å². The van der Waals surface area contributed by atoms with Gasteiger partial charge in [0.05, 0.1) is 22.3 Å². The third-order valence-electron chi connectivity index (χ3n) is 6.18. The number of aromatic carboxylic acids is 1. The second kappa shape index (κ2) is 9.52. The zero-order valence-corrected chi connectivity index (χ0v) is 20.1. The summed E-state index contributed by atoms with van der Waals surface area (Å²) < 4.78 is 0.849.